The highest BCUT2D eigenvalue weighted by atomic mass is 16.2. The van der Waals surface area contributed by atoms with Crippen molar-refractivity contribution in [3.63, 3.8) is 0 Å². The van der Waals surface area contributed by atoms with Crippen molar-refractivity contribution in [2.75, 3.05) is 6.61 Å². The number of aryl methyl sites for hydroxylation is 1. The topological polar surface area (TPSA) is 44.0 Å². The van der Waals surface area contributed by atoms with Gasteiger partial charge in [0.25, 0.3) is 0 Å². The second kappa shape index (κ2) is 5.07. The zero-order valence-corrected chi connectivity index (χ0v) is 8.04. The van der Waals surface area contributed by atoms with Crippen LogP contribution in [-0.2, 0) is 0 Å². The third kappa shape index (κ3) is 2.62. The minimum absolute atomic E-state index is 0.0734. The molecule has 1 aromatic rings. The van der Waals surface area contributed by atoms with E-state index in [1.807, 2.05) is 13.0 Å². The molecule has 0 spiro atoms. The Morgan fingerprint density at radius 2 is 2.21 bits per heavy atom. The molecule has 0 fully saturated rings. The standard InChI is InChI=1S/C12H11NO/c1-10-5-6-11(9-13)8-12(10)4-2-3-7-14/h5-6,8,14H,3,7H2,1H3. The molecule has 0 heterocycles. The summed E-state index contributed by atoms with van der Waals surface area (Å²) >= 11 is 0. The van der Waals surface area contributed by atoms with Crippen LogP contribution in [0, 0.1) is 30.1 Å². The van der Waals surface area contributed by atoms with E-state index in [2.05, 4.69) is 17.9 Å². The van der Waals surface area contributed by atoms with Crippen LogP contribution in [0.25, 0.3) is 0 Å². The summed E-state index contributed by atoms with van der Waals surface area (Å²) in [6, 6.07) is 7.48. The molecule has 0 radical (unpaired) electrons. The molecule has 1 N–H and O–H groups in total. The van der Waals surface area contributed by atoms with Crippen molar-refractivity contribution >= 4 is 0 Å². The lowest BCUT2D eigenvalue weighted by Crippen LogP contribution is -1.84. The number of aliphatic hydroxyl groups excluding tert-OH is 1. The maximum Gasteiger partial charge on any atom is 0.0992 e. The second-order valence-electron chi connectivity index (χ2n) is 2.92. The zero-order valence-electron chi connectivity index (χ0n) is 8.04. The molecule has 0 aliphatic heterocycles. The summed E-state index contributed by atoms with van der Waals surface area (Å²) < 4.78 is 0. The number of benzene rings is 1. The predicted octanol–water partition coefficient (Wildman–Crippen LogP) is 1.60. The van der Waals surface area contributed by atoms with Crippen molar-refractivity contribution in [1.82, 2.24) is 0 Å². The number of rotatable bonds is 1. The van der Waals surface area contributed by atoms with Crippen LogP contribution in [0.3, 0.4) is 0 Å². The van der Waals surface area contributed by atoms with Crippen LogP contribution in [0.1, 0.15) is 23.1 Å². The molecular weight excluding hydrogens is 174 g/mol. The number of hydrogen-bond donors (Lipinski definition) is 1. The molecule has 70 valence electrons. The number of nitrogens with zero attached hydrogens (tertiary/aromatic N) is 1. The molecule has 0 atom stereocenters. The van der Waals surface area contributed by atoms with Crippen molar-refractivity contribution in [3.8, 4) is 17.9 Å². The Morgan fingerprint density at radius 1 is 1.43 bits per heavy atom. The Labute approximate surface area is 83.8 Å². The fourth-order valence-electron chi connectivity index (χ4n) is 1.04. The van der Waals surface area contributed by atoms with Gasteiger partial charge in [-0.3, -0.25) is 0 Å². The van der Waals surface area contributed by atoms with Crippen LogP contribution < -0.4 is 0 Å². The van der Waals surface area contributed by atoms with Crippen molar-refractivity contribution in [2.24, 2.45) is 0 Å². The summed E-state index contributed by atoms with van der Waals surface area (Å²) in [6.45, 7) is 2.02. The summed E-state index contributed by atoms with van der Waals surface area (Å²) in [5.41, 5.74) is 2.52. The molecule has 0 saturated heterocycles. The first kappa shape index (κ1) is 10.3. The predicted molar refractivity (Wildman–Crippen MR) is 54.5 cm³/mol. The molecule has 2 heteroatoms. The molecule has 0 bridgehead atoms. The molecule has 0 saturated carbocycles. The Hall–Kier alpha value is -1.77. The molecule has 0 unspecified atom stereocenters. The quantitative estimate of drug-likeness (QED) is 0.675. The molecule has 14 heavy (non-hydrogen) atoms. The Morgan fingerprint density at radius 3 is 2.86 bits per heavy atom. The van der Waals surface area contributed by atoms with Gasteiger partial charge in [0.15, 0.2) is 0 Å². The molecule has 0 amide bonds. The van der Waals surface area contributed by atoms with Gasteiger partial charge in [0, 0.05) is 12.0 Å². The van der Waals surface area contributed by atoms with E-state index in [-0.39, 0.29) is 6.61 Å². The van der Waals surface area contributed by atoms with E-state index in [9.17, 15) is 0 Å². The summed E-state index contributed by atoms with van der Waals surface area (Å²) in [5.74, 6) is 5.76. The van der Waals surface area contributed by atoms with Gasteiger partial charge < -0.3 is 5.11 Å². The average Bonchev–Trinajstić information content (AvgIpc) is 2.21. The molecule has 1 aromatic carbocycles. The van der Waals surface area contributed by atoms with Gasteiger partial charge in [0.1, 0.15) is 0 Å². The van der Waals surface area contributed by atoms with E-state index in [1.54, 1.807) is 12.1 Å². The largest absolute Gasteiger partial charge is 0.395 e. The van der Waals surface area contributed by atoms with Gasteiger partial charge in [-0.15, -0.1) is 0 Å². The lowest BCUT2D eigenvalue weighted by Gasteiger charge is -1.97. The Kier molecular flexibility index (Phi) is 3.73. The first-order chi connectivity index (χ1) is 6.77. The van der Waals surface area contributed by atoms with Crippen molar-refractivity contribution in [1.29, 1.82) is 5.26 Å². The minimum Gasteiger partial charge on any atom is -0.395 e. The maximum atomic E-state index is 8.69. The Bertz CT molecular complexity index is 418. The van der Waals surface area contributed by atoms with Gasteiger partial charge in [-0.2, -0.15) is 5.26 Å². The van der Waals surface area contributed by atoms with Gasteiger partial charge >= 0.3 is 0 Å². The van der Waals surface area contributed by atoms with Crippen molar-refractivity contribution in [2.45, 2.75) is 13.3 Å². The van der Waals surface area contributed by atoms with Crippen molar-refractivity contribution in [3.05, 3.63) is 34.9 Å². The fraction of sp³-hybridized carbons (Fsp3) is 0.250. The monoisotopic (exact) mass is 185 g/mol. The minimum atomic E-state index is 0.0734. The first-order valence-electron chi connectivity index (χ1n) is 4.38. The van der Waals surface area contributed by atoms with Gasteiger partial charge in [-0.05, 0) is 24.6 Å². The fourth-order valence-corrected chi connectivity index (χ4v) is 1.04. The normalized spacial score (nSPS) is 8.64. The molecule has 1 rings (SSSR count). The van der Waals surface area contributed by atoms with E-state index in [4.69, 9.17) is 10.4 Å². The van der Waals surface area contributed by atoms with Crippen LogP contribution >= 0.6 is 0 Å². The summed E-state index contributed by atoms with van der Waals surface area (Å²) in [6.07, 6.45) is 0.468. The lowest BCUT2D eigenvalue weighted by molar-refractivity contribution is 0.305. The average molecular weight is 185 g/mol. The van der Waals surface area contributed by atoms with E-state index < -0.39 is 0 Å². The van der Waals surface area contributed by atoms with Crippen LogP contribution in [0.15, 0.2) is 18.2 Å². The van der Waals surface area contributed by atoms with Crippen LogP contribution in [0.5, 0.6) is 0 Å². The van der Waals surface area contributed by atoms with Gasteiger partial charge in [-0.1, -0.05) is 17.9 Å². The number of hydrogen-bond acceptors (Lipinski definition) is 2. The number of aliphatic hydroxyl groups is 1. The SMILES string of the molecule is Cc1ccc(C#N)cc1C#CCCO. The highest BCUT2D eigenvalue weighted by molar-refractivity contribution is 5.46. The van der Waals surface area contributed by atoms with Gasteiger partial charge in [0.05, 0.1) is 18.2 Å². The summed E-state index contributed by atoms with van der Waals surface area (Å²) in [4.78, 5) is 0. The van der Waals surface area contributed by atoms with Crippen molar-refractivity contribution < 1.29 is 5.11 Å². The van der Waals surface area contributed by atoms with E-state index in [0.717, 1.165) is 11.1 Å². The van der Waals surface area contributed by atoms with E-state index >= 15 is 0 Å². The third-order valence-corrected chi connectivity index (χ3v) is 1.83. The number of nitriles is 1. The molecule has 2 nitrogen and oxygen atoms in total. The second-order valence-corrected chi connectivity index (χ2v) is 2.92. The maximum absolute atomic E-state index is 8.69. The highest BCUT2D eigenvalue weighted by Crippen LogP contribution is 2.08. The molecular formula is C12H11NO. The summed E-state index contributed by atoms with van der Waals surface area (Å²) in [7, 11) is 0. The smallest absolute Gasteiger partial charge is 0.0992 e. The van der Waals surface area contributed by atoms with Gasteiger partial charge in [0.2, 0.25) is 0 Å². The van der Waals surface area contributed by atoms with Gasteiger partial charge in [-0.25, -0.2) is 0 Å². The first-order valence-corrected chi connectivity index (χ1v) is 4.38. The Balaban J connectivity index is 2.98. The zero-order chi connectivity index (χ0) is 10.4. The van der Waals surface area contributed by atoms with E-state index in [0.29, 0.717) is 12.0 Å². The summed E-state index contributed by atoms with van der Waals surface area (Å²) in [5, 5.41) is 17.2. The third-order valence-electron chi connectivity index (χ3n) is 1.83. The lowest BCUT2D eigenvalue weighted by atomic mass is 10.1. The van der Waals surface area contributed by atoms with E-state index in [1.165, 1.54) is 0 Å². The highest BCUT2D eigenvalue weighted by Gasteiger charge is 1.96. The van der Waals surface area contributed by atoms with Crippen LogP contribution in [-0.4, -0.2) is 11.7 Å². The van der Waals surface area contributed by atoms with Crippen LogP contribution in [0.4, 0.5) is 0 Å². The molecule has 0 aliphatic rings. The van der Waals surface area contributed by atoms with Crippen LogP contribution in [0.2, 0.25) is 0 Å². The molecule has 0 aliphatic carbocycles. The molecule has 0 aromatic heterocycles.